The summed E-state index contributed by atoms with van der Waals surface area (Å²) < 4.78 is 8.98. The lowest BCUT2D eigenvalue weighted by atomic mass is 9.92. The van der Waals surface area contributed by atoms with E-state index < -0.39 is 0 Å². The molecule has 0 atom stereocenters. The van der Waals surface area contributed by atoms with Crippen LogP contribution < -0.4 is 4.90 Å². The van der Waals surface area contributed by atoms with Crippen LogP contribution in [0.5, 0.6) is 0 Å². The van der Waals surface area contributed by atoms with E-state index in [1.165, 1.54) is 87.2 Å². The van der Waals surface area contributed by atoms with Crippen LogP contribution >= 0.6 is 0 Å². The molecule has 0 fully saturated rings. The minimum atomic E-state index is 0.898. The van der Waals surface area contributed by atoms with Gasteiger partial charge in [0.2, 0.25) is 0 Å². The van der Waals surface area contributed by atoms with Gasteiger partial charge in [-0.3, -0.25) is 0 Å². The second kappa shape index (κ2) is 19.7. The molecule has 2 heterocycles. The molecule has 17 aromatic rings. The molecule has 0 amide bonds. The van der Waals surface area contributed by atoms with Gasteiger partial charge >= 0.3 is 0 Å². The SMILES string of the molecule is c1ccc(-c2ccc(N(c3ccc(-c4ccc5c(c4)c4cc(-c6ccc7ccccc7c6)ccc4n5-c4ccccc4-c4ccc5c6ccccc6c6ccccc6c5c4)cc3)c3ccc(-c4cccc5c4oc4ccccc45)cc3)cc2)cc1. The highest BCUT2D eigenvalue weighted by molar-refractivity contribution is 6.26. The number of aromatic nitrogens is 1. The molecule has 3 nitrogen and oxygen atoms in total. The van der Waals surface area contributed by atoms with Gasteiger partial charge in [-0.25, -0.2) is 0 Å². The number of benzene rings is 15. The molecule has 2 aromatic heterocycles. The first-order chi connectivity index (χ1) is 42.1. The smallest absolute Gasteiger partial charge is 0.143 e. The molecule has 0 saturated heterocycles. The Morgan fingerprint density at radius 1 is 0.235 bits per heavy atom. The minimum Gasteiger partial charge on any atom is -0.455 e. The number of hydrogen-bond acceptors (Lipinski definition) is 2. The first kappa shape index (κ1) is 48.4. The van der Waals surface area contributed by atoms with Gasteiger partial charge in [0, 0.05) is 49.7 Å². The summed E-state index contributed by atoms with van der Waals surface area (Å²) in [6.07, 6.45) is 0. The van der Waals surface area contributed by atoms with Gasteiger partial charge < -0.3 is 13.9 Å². The van der Waals surface area contributed by atoms with Gasteiger partial charge in [-0.05, 0) is 173 Å². The van der Waals surface area contributed by atoms with Crippen molar-refractivity contribution >= 4 is 104 Å². The van der Waals surface area contributed by atoms with E-state index >= 15 is 0 Å². The molecule has 0 aliphatic rings. The molecular formula is C82H52N2O. The van der Waals surface area contributed by atoms with Crippen molar-refractivity contribution in [2.45, 2.75) is 0 Å². The van der Waals surface area contributed by atoms with Crippen molar-refractivity contribution in [1.82, 2.24) is 4.57 Å². The second-order valence-electron chi connectivity index (χ2n) is 22.4. The Kier molecular flexibility index (Phi) is 11.2. The van der Waals surface area contributed by atoms with Crippen molar-refractivity contribution in [1.29, 1.82) is 0 Å². The molecule has 0 saturated carbocycles. The highest BCUT2D eigenvalue weighted by atomic mass is 16.3. The summed E-state index contributed by atoms with van der Waals surface area (Å²) in [6, 6.07) is 115. The maximum atomic E-state index is 6.49. The first-order valence-electron chi connectivity index (χ1n) is 29.2. The van der Waals surface area contributed by atoms with Crippen LogP contribution in [0.3, 0.4) is 0 Å². The fraction of sp³-hybridized carbons (Fsp3) is 0. The maximum Gasteiger partial charge on any atom is 0.143 e. The molecule has 0 N–H and O–H groups in total. The van der Waals surface area contributed by atoms with E-state index in [9.17, 15) is 0 Å². The molecule has 0 unspecified atom stereocenters. The van der Waals surface area contributed by atoms with Crippen LogP contribution in [0.25, 0.3) is 148 Å². The van der Waals surface area contributed by atoms with E-state index in [1.54, 1.807) is 0 Å². The number of fused-ring (bicyclic) bond motifs is 13. The number of anilines is 3. The number of hydrogen-bond donors (Lipinski definition) is 0. The summed E-state index contributed by atoms with van der Waals surface area (Å²) in [5, 5.41) is 14.7. The van der Waals surface area contributed by atoms with Crippen LogP contribution in [-0.2, 0) is 0 Å². The minimum absolute atomic E-state index is 0.898. The highest BCUT2D eigenvalue weighted by Crippen LogP contribution is 2.45. The number of nitrogens with zero attached hydrogens (tertiary/aromatic N) is 2. The predicted octanol–water partition coefficient (Wildman–Crippen LogP) is 23.1. The monoisotopic (exact) mass is 1080 g/mol. The summed E-state index contributed by atoms with van der Waals surface area (Å²) in [6.45, 7) is 0. The van der Waals surface area contributed by atoms with Crippen LogP contribution in [0.15, 0.2) is 320 Å². The highest BCUT2D eigenvalue weighted by Gasteiger charge is 2.21. The summed E-state index contributed by atoms with van der Waals surface area (Å²) in [5.41, 5.74) is 20.0. The van der Waals surface area contributed by atoms with Gasteiger partial charge in [0.1, 0.15) is 11.2 Å². The third-order valence-corrected chi connectivity index (χ3v) is 17.6. The molecule has 0 spiro atoms. The molecule has 15 aromatic carbocycles. The van der Waals surface area contributed by atoms with Gasteiger partial charge in [-0.15, -0.1) is 0 Å². The quantitative estimate of drug-likeness (QED) is 0.134. The number of furan rings is 1. The standard InChI is InChI=1S/C82H52N2O/c1-2-15-53(16-3-1)55-31-40-63(41-32-55)83(65-44-35-57(36-45-65)67-25-14-26-74-73-24-11-13-28-81(73)85-82(67)74)64-42-33-56(34-43-64)60-38-47-79-76(50-60)77-51-61(59-30-29-54-17-4-5-18-58(54)49-59)39-48-80(77)84(79)78-27-12-10-19-66(78)62-37-46-72-70-22-7-6-20-68(70)69-21-8-9-23-71(69)75(72)52-62/h1-52H. The van der Waals surface area contributed by atoms with E-state index in [-0.39, 0.29) is 0 Å². The molecule has 396 valence electrons. The molecule has 3 heteroatoms. The number of para-hydroxylation sites is 3. The Bertz CT molecular complexity index is 5420. The molecular weight excluding hydrogens is 1030 g/mol. The fourth-order valence-electron chi connectivity index (χ4n) is 13.4. The first-order valence-corrected chi connectivity index (χ1v) is 29.2. The van der Waals surface area contributed by atoms with Gasteiger partial charge in [0.15, 0.2) is 0 Å². The van der Waals surface area contributed by atoms with E-state index in [0.29, 0.717) is 0 Å². The van der Waals surface area contributed by atoms with Crippen LogP contribution in [0.2, 0.25) is 0 Å². The van der Waals surface area contributed by atoms with Gasteiger partial charge in [-0.2, -0.15) is 0 Å². The Morgan fingerprint density at radius 3 is 1.34 bits per heavy atom. The average Bonchev–Trinajstić information content (AvgIpc) is 2.22. The zero-order chi connectivity index (χ0) is 56.0. The Labute approximate surface area is 491 Å². The molecule has 17 rings (SSSR count). The van der Waals surface area contributed by atoms with Crippen LogP contribution in [0, 0.1) is 0 Å². The molecule has 0 radical (unpaired) electrons. The summed E-state index contributed by atoms with van der Waals surface area (Å²) in [4.78, 5) is 2.35. The molecule has 0 bridgehead atoms. The maximum absolute atomic E-state index is 6.49. The lowest BCUT2D eigenvalue weighted by molar-refractivity contribution is 0.670. The van der Waals surface area contributed by atoms with Crippen LogP contribution in [-0.4, -0.2) is 4.57 Å². The molecule has 0 aliphatic carbocycles. The fourth-order valence-corrected chi connectivity index (χ4v) is 13.4. The van der Waals surface area contributed by atoms with Crippen molar-refractivity contribution < 1.29 is 4.42 Å². The van der Waals surface area contributed by atoms with Crippen molar-refractivity contribution in [3.05, 3.63) is 315 Å². The van der Waals surface area contributed by atoms with Gasteiger partial charge in [0.25, 0.3) is 0 Å². The zero-order valence-corrected chi connectivity index (χ0v) is 46.3. The van der Waals surface area contributed by atoms with Crippen LogP contribution in [0.1, 0.15) is 0 Å². The topological polar surface area (TPSA) is 21.3 Å². The lowest BCUT2D eigenvalue weighted by Crippen LogP contribution is -2.09. The summed E-state index contributed by atoms with van der Waals surface area (Å²) in [7, 11) is 0. The van der Waals surface area contributed by atoms with E-state index in [1.807, 2.05) is 12.1 Å². The second-order valence-corrected chi connectivity index (χ2v) is 22.4. The molecule has 85 heavy (non-hydrogen) atoms. The summed E-state index contributed by atoms with van der Waals surface area (Å²) in [5.74, 6) is 0. The summed E-state index contributed by atoms with van der Waals surface area (Å²) >= 11 is 0. The van der Waals surface area contributed by atoms with Gasteiger partial charge in [0.05, 0.1) is 16.7 Å². The Morgan fingerprint density at radius 2 is 0.671 bits per heavy atom. The lowest BCUT2D eigenvalue weighted by Gasteiger charge is -2.26. The average molecular weight is 1080 g/mol. The van der Waals surface area contributed by atoms with Crippen molar-refractivity contribution in [3.63, 3.8) is 0 Å². The zero-order valence-electron chi connectivity index (χ0n) is 46.3. The van der Waals surface area contributed by atoms with Gasteiger partial charge in [-0.1, -0.05) is 231 Å². The van der Waals surface area contributed by atoms with E-state index in [2.05, 4.69) is 313 Å². The number of rotatable bonds is 9. The van der Waals surface area contributed by atoms with Crippen molar-refractivity contribution in [2.24, 2.45) is 0 Å². The van der Waals surface area contributed by atoms with Crippen LogP contribution in [0.4, 0.5) is 17.1 Å². The molecule has 0 aliphatic heterocycles. The van der Waals surface area contributed by atoms with E-state index in [0.717, 1.165) is 78.0 Å². The van der Waals surface area contributed by atoms with Crippen molar-refractivity contribution in [3.8, 4) is 61.3 Å². The van der Waals surface area contributed by atoms with Crippen molar-refractivity contribution in [2.75, 3.05) is 4.90 Å². The Balaban J connectivity index is 0.790. The third kappa shape index (κ3) is 8.12. The largest absolute Gasteiger partial charge is 0.455 e. The van der Waals surface area contributed by atoms with E-state index in [4.69, 9.17) is 4.42 Å². The normalized spacial score (nSPS) is 11.8. The Hall–Kier alpha value is -11.3. The third-order valence-electron chi connectivity index (χ3n) is 17.6. The predicted molar refractivity (Wildman–Crippen MR) is 360 cm³/mol.